The molecule has 8 heteroatoms. The highest BCUT2D eigenvalue weighted by Gasteiger charge is 2.10. The summed E-state index contributed by atoms with van der Waals surface area (Å²) < 4.78 is 33.5. The molecule has 2 aromatic rings. The molecule has 0 bridgehead atoms. The third kappa shape index (κ3) is 5.73. The topological polar surface area (TPSA) is 83.1 Å². The highest BCUT2D eigenvalue weighted by molar-refractivity contribution is 5.95. The lowest BCUT2D eigenvalue weighted by atomic mass is 10.2. The molecule has 0 heterocycles. The van der Waals surface area contributed by atoms with Gasteiger partial charge in [-0.15, -0.1) is 0 Å². The van der Waals surface area contributed by atoms with Crippen LogP contribution in [0.15, 0.2) is 42.5 Å². The molecular formula is C20H20FNO6. The monoisotopic (exact) mass is 389 g/mol. The number of halogens is 1. The Labute approximate surface area is 161 Å². The molecule has 2 aromatic carbocycles. The predicted molar refractivity (Wildman–Crippen MR) is 101 cm³/mol. The standard InChI is InChI=1S/C20H20FNO6/c1-25-14-6-7-16(18(11-14)27-3)22-19(23)12-28-20(24)9-5-13-4-8-17(26-2)15(21)10-13/h4-11H,12H2,1-3H3,(H,22,23)/b9-5+. The SMILES string of the molecule is COc1ccc(NC(=O)COC(=O)/C=C/c2ccc(OC)c(F)c2)c(OC)c1. The molecule has 2 rings (SSSR count). The summed E-state index contributed by atoms with van der Waals surface area (Å²) in [4.78, 5) is 23.7. The van der Waals surface area contributed by atoms with Crippen LogP contribution in [0.5, 0.6) is 17.2 Å². The molecule has 0 unspecified atom stereocenters. The average molecular weight is 389 g/mol. The Morgan fingerprint density at radius 2 is 1.75 bits per heavy atom. The molecule has 0 aliphatic rings. The normalized spacial score (nSPS) is 10.4. The first-order chi connectivity index (χ1) is 13.5. The first-order valence-electron chi connectivity index (χ1n) is 8.17. The van der Waals surface area contributed by atoms with Crippen molar-refractivity contribution in [2.24, 2.45) is 0 Å². The van der Waals surface area contributed by atoms with E-state index in [0.717, 1.165) is 6.08 Å². The van der Waals surface area contributed by atoms with Gasteiger partial charge in [0.25, 0.3) is 5.91 Å². The fraction of sp³-hybridized carbons (Fsp3) is 0.200. The van der Waals surface area contributed by atoms with Gasteiger partial charge in [0.2, 0.25) is 0 Å². The van der Waals surface area contributed by atoms with Gasteiger partial charge in [0.05, 0.1) is 27.0 Å². The zero-order chi connectivity index (χ0) is 20.5. The number of methoxy groups -OCH3 is 3. The van der Waals surface area contributed by atoms with E-state index < -0.39 is 24.3 Å². The molecule has 7 nitrogen and oxygen atoms in total. The second kappa shape index (κ2) is 9.96. The molecule has 0 spiro atoms. The summed E-state index contributed by atoms with van der Waals surface area (Å²) in [6.07, 6.45) is 2.47. The maximum absolute atomic E-state index is 13.6. The van der Waals surface area contributed by atoms with Crippen molar-refractivity contribution in [1.29, 1.82) is 0 Å². The summed E-state index contributed by atoms with van der Waals surface area (Å²) in [5, 5.41) is 2.58. The molecule has 1 amide bonds. The lowest BCUT2D eigenvalue weighted by Crippen LogP contribution is -2.20. The number of hydrogen-bond donors (Lipinski definition) is 1. The number of anilines is 1. The van der Waals surface area contributed by atoms with Gasteiger partial charge >= 0.3 is 5.97 Å². The Kier molecular flexibility index (Phi) is 7.38. The second-order valence-electron chi connectivity index (χ2n) is 5.45. The van der Waals surface area contributed by atoms with Gasteiger partial charge < -0.3 is 24.3 Å². The number of nitrogens with one attached hydrogen (secondary N) is 1. The number of carbonyl (C=O) groups is 2. The molecule has 0 aliphatic carbocycles. The van der Waals surface area contributed by atoms with E-state index in [1.165, 1.54) is 39.5 Å². The van der Waals surface area contributed by atoms with E-state index in [-0.39, 0.29) is 5.75 Å². The van der Waals surface area contributed by atoms with Gasteiger partial charge in [0.1, 0.15) is 11.5 Å². The fourth-order valence-corrected chi connectivity index (χ4v) is 2.22. The summed E-state index contributed by atoms with van der Waals surface area (Å²) in [7, 11) is 4.33. The average Bonchev–Trinajstić information content (AvgIpc) is 2.71. The molecule has 0 saturated heterocycles. The van der Waals surface area contributed by atoms with Crippen LogP contribution in [0.25, 0.3) is 6.08 Å². The van der Waals surface area contributed by atoms with Crippen LogP contribution in [0.2, 0.25) is 0 Å². The van der Waals surface area contributed by atoms with Crippen molar-refractivity contribution in [2.45, 2.75) is 0 Å². The highest BCUT2D eigenvalue weighted by Crippen LogP contribution is 2.28. The van der Waals surface area contributed by atoms with Gasteiger partial charge in [-0.25, -0.2) is 9.18 Å². The molecule has 0 aromatic heterocycles. The number of esters is 1. The van der Waals surface area contributed by atoms with Crippen LogP contribution in [0.4, 0.5) is 10.1 Å². The lowest BCUT2D eigenvalue weighted by molar-refractivity contribution is -0.142. The molecule has 0 radical (unpaired) electrons. The van der Waals surface area contributed by atoms with E-state index in [2.05, 4.69) is 5.32 Å². The molecule has 148 valence electrons. The number of rotatable bonds is 8. The van der Waals surface area contributed by atoms with Gasteiger partial charge in [-0.3, -0.25) is 4.79 Å². The zero-order valence-corrected chi connectivity index (χ0v) is 15.7. The number of benzene rings is 2. The van der Waals surface area contributed by atoms with E-state index in [1.807, 2.05) is 0 Å². The van der Waals surface area contributed by atoms with Crippen molar-refractivity contribution in [2.75, 3.05) is 33.3 Å². The van der Waals surface area contributed by atoms with Crippen molar-refractivity contribution in [3.8, 4) is 17.2 Å². The van der Waals surface area contributed by atoms with Crippen LogP contribution in [0.1, 0.15) is 5.56 Å². The number of carbonyl (C=O) groups excluding carboxylic acids is 2. The quantitative estimate of drug-likeness (QED) is 0.552. The van der Waals surface area contributed by atoms with Crippen LogP contribution >= 0.6 is 0 Å². The molecule has 0 aliphatic heterocycles. The molecule has 0 atom stereocenters. The smallest absolute Gasteiger partial charge is 0.331 e. The van der Waals surface area contributed by atoms with Crippen molar-refractivity contribution >= 4 is 23.6 Å². The highest BCUT2D eigenvalue weighted by atomic mass is 19.1. The Balaban J connectivity index is 1.88. The second-order valence-corrected chi connectivity index (χ2v) is 5.45. The zero-order valence-electron chi connectivity index (χ0n) is 15.7. The minimum absolute atomic E-state index is 0.102. The van der Waals surface area contributed by atoms with Crippen LogP contribution in [-0.4, -0.2) is 39.8 Å². The van der Waals surface area contributed by atoms with Gasteiger partial charge in [-0.2, -0.15) is 0 Å². The van der Waals surface area contributed by atoms with Crippen molar-refractivity contribution in [1.82, 2.24) is 0 Å². The van der Waals surface area contributed by atoms with E-state index in [9.17, 15) is 14.0 Å². The van der Waals surface area contributed by atoms with Gasteiger partial charge in [-0.1, -0.05) is 6.07 Å². The van der Waals surface area contributed by atoms with Gasteiger partial charge in [0, 0.05) is 12.1 Å². The number of amides is 1. The third-order valence-electron chi connectivity index (χ3n) is 3.62. The van der Waals surface area contributed by atoms with Gasteiger partial charge in [-0.05, 0) is 35.9 Å². The molecule has 0 saturated carbocycles. The van der Waals surface area contributed by atoms with Crippen molar-refractivity contribution in [3.05, 3.63) is 53.9 Å². The molecular weight excluding hydrogens is 369 g/mol. The summed E-state index contributed by atoms with van der Waals surface area (Å²) in [6.45, 7) is -0.491. The summed E-state index contributed by atoms with van der Waals surface area (Å²) in [5.41, 5.74) is 0.858. The Bertz CT molecular complexity index is 881. The van der Waals surface area contributed by atoms with E-state index in [0.29, 0.717) is 22.7 Å². The largest absolute Gasteiger partial charge is 0.497 e. The van der Waals surface area contributed by atoms with Crippen molar-refractivity contribution in [3.63, 3.8) is 0 Å². The first-order valence-corrected chi connectivity index (χ1v) is 8.17. The minimum Gasteiger partial charge on any atom is -0.497 e. The Morgan fingerprint density at radius 3 is 2.39 bits per heavy atom. The number of ether oxygens (including phenoxy) is 4. The third-order valence-corrected chi connectivity index (χ3v) is 3.62. The van der Waals surface area contributed by atoms with E-state index in [1.54, 1.807) is 24.3 Å². The van der Waals surface area contributed by atoms with E-state index in [4.69, 9.17) is 18.9 Å². The van der Waals surface area contributed by atoms with E-state index >= 15 is 0 Å². The molecule has 0 fully saturated rings. The molecule has 28 heavy (non-hydrogen) atoms. The summed E-state index contributed by atoms with van der Waals surface area (Å²) in [6, 6.07) is 9.10. The lowest BCUT2D eigenvalue weighted by Gasteiger charge is -2.11. The van der Waals surface area contributed by atoms with Gasteiger partial charge in [0.15, 0.2) is 18.2 Å². The van der Waals surface area contributed by atoms with Crippen LogP contribution in [0.3, 0.4) is 0 Å². The Morgan fingerprint density at radius 1 is 1.00 bits per heavy atom. The van der Waals surface area contributed by atoms with Crippen LogP contribution in [-0.2, 0) is 14.3 Å². The summed E-state index contributed by atoms with van der Waals surface area (Å²) >= 11 is 0. The fourth-order valence-electron chi connectivity index (χ4n) is 2.22. The van der Waals surface area contributed by atoms with Crippen LogP contribution < -0.4 is 19.5 Å². The predicted octanol–water partition coefficient (Wildman–Crippen LogP) is 3.05. The first kappa shape index (κ1) is 20.8. The Hall–Kier alpha value is -3.55. The van der Waals surface area contributed by atoms with Crippen LogP contribution in [0, 0.1) is 5.82 Å². The summed E-state index contributed by atoms with van der Waals surface area (Å²) in [5.74, 6) is -0.758. The van der Waals surface area contributed by atoms with Crippen molar-refractivity contribution < 1.29 is 32.9 Å². The minimum atomic E-state index is -0.743. The maximum Gasteiger partial charge on any atom is 0.331 e. The maximum atomic E-state index is 13.6. The molecule has 1 N–H and O–H groups in total. The number of hydrogen-bond acceptors (Lipinski definition) is 6.